The summed E-state index contributed by atoms with van der Waals surface area (Å²) in [6, 6.07) is 7.07. The lowest BCUT2D eigenvalue weighted by Gasteiger charge is -2.34. The van der Waals surface area contributed by atoms with Gasteiger partial charge in [0, 0.05) is 48.3 Å². The van der Waals surface area contributed by atoms with Gasteiger partial charge in [0.2, 0.25) is 5.13 Å². The summed E-state index contributed by atoms with van der Waals surface area (Å²) in [5.74, 6) is 0.0319. The third-order valence-corrected chi connectivity index (χ3v) is 4.22. The van der Waals surface area contributed by atoms with Crippen LogP contribution in [-0.4, -0.2) is 46.3 Å². The lowest BCUT2D eigenvalue weighted by atomic mass is 10.2. The molecule has 2 aromatic rings. The third-order valence-electron chi connectivity index (χ3n) is 3.26. The monoisotopic (exact) mass is 308 g/mol. The summed E-state index contributed by atoms with van der Waals surface area (Å²) in [6.45, 7) is 2.93. The number of halogens is 1. The molecule has 0 N–H and O–H groups in total. The van der Waals surface area contributed by atoms with E-state index in [-0.39, 0.29) is 5.91 Å². The highest BCUT2D eigenvalue weighted by Crippen LogP contribution is 2.18. The zero-order chi connectivity index (χ0) is 13.9. The van der Waals surface area contributed by atoms with Crippen LogP contribution in [0, 0.1) is 0 Å². The molecule has 0 atom stereocenters. The van der Waals surface area contributed by atoms with E-state index in [4.69, 9.17) is 11.6 Å². The van der Waals surface area contributed by atoms with Crippen molar-refractivity contribution in [2.75, 3.05) is 31.1 Å². The first-order chi connectivity index (χ1) is 9.74. The van der Waals surface area contributed by atoms with Crippen LogP contribution in [0.1, 0.15) is 10.4 Å². The Morgan fingerprint density at radius 1 is 1.25 bits per heavy atom. The molecule has 3 rings (SSSR count). The molecule has 0 radical (unpaired) electrons. The topological polar surface area (TPSA) is 49.3 Å². The van der Waals surface area contributed by atoms with Crippen LogP contribution in [-0.2, 0) is 0 Å². The van der Waals surface area contributed by atoms with Gasteiger partial charge in [-0.1, -0.05) is 17.7 Å². The largest absolute Gasteiger partial charge is 0.343 e. The summed E-state index contributed by atoms with van der Waals surface area (Å²) >= 11 is 7.31. The second kappa shape index (κ2) is 5.76. The first-order valence-corrected chi connectivity index (χ1v) is 7.45. The van der Waals surface area contributed by atoms with Crippen molar-refractivity contribution in [2.45, 2.75) is 0 Å². The summed E-state index contributed by atoms with van der Waals surface area (Å²) in [6.07, 6.45) is 1.56. The Balaban J connectivity index is 1.65. The van der Waals surface area contributed by atoms with E-state index in [0.717, 1.165) is 18.2 Å². The van der Waals surface area contributed by atoms with Gasteiger partial charge >= 0.3 is 0 Å². The number of amides is 1. The van der Waals surface area contributed by atoms with E-state index in [0.29, 0.717) is 23.7 Å². The van der Waals surface area contributed by atoms with E-state index in [1.807, 2.05) is 4.90 Å². The molecule has 1 aromatic carbocycles. The van der Waals surface area contributed by atoms with Crippen LogP contribution in [0.3, 0.4) is 0 Å². The molecule has 0 aliphatic carbocycles. The van der Waals surface area contributed by atoms with E-state index in [1.54, 1.807) is 30.6 Å². The first-order valence-electron chi connectivity index (χ1n) is 6.30. The molecule has 1 amide bonds. The lowest BCUT2D eigenvalue weighted by molar-refractivity contribution is 0.0747. The Morgan fingerprint density at radius 3 is 2.70 bits per heavy atom. The first kappa shape index (κ1) is 13.3. The molecule has 1 fully saturated rings. The second-order valence-electron chi connectivity index (χ2n) is 4.51. The highest BCUT2D eigenvalue weighted by molar-refractivity contribution is 7.09. The number of nitrogens with zero attached hydrogens (tertiary/aromatic N) is 4. The van der Waals surface area contributed by atoms with Crippen molar-refractivity contribution in [1.29, 1.82) is 0 Å². The van der Waals surface area contributed by atoms with E-state index >= 15 is 0 Å². The molecule has 7 heteroatoms. The number of hydrogen-bond donors (Lipinski definition) is 0. The van der Waals surface area contributed by atoms with Gasteiger partial charge in [-0.05, 0) is 18.2 Å². The fraction of sp³-hybridized carbons (Fsp3) is 0.308. The van der Waals surface area contributed by atoms with E-state index in [1.165, 1.54) is 11.5 Å². The molecule has 1 aliphatic heterocycles. The van der Waals surface area contributed by atoms with Crippen LogP contribution < -0.4 is 4.90 Å². The number of hydrogen-bond acceptors (Lipinski definition) is 5. The van der Waals surface area contributed by atoms with Crippen LogP contribution in [0.15, 0.2) is 30.6 Å². The molecule has 104 valence electrons. The molecule has 1 aromatic heterocycles. The summed E-state index contributed by atoms with van der Waals surface area (Å²) < 4.78 is 4.00. The average molecular weight is 309 g/mol. The van der Waals surface area contributed by atoms with Crippen molar-refractivity contribution in [3.63, 3.8) is 0 Å². The molecule has 5 nitrogen and oxygen atoms in total. The minimum atomic E-state index is 0.0319. The molecule has 0 spiro atoms. The van der Waals surface area contributed by atoms with Crippen LogP contribution in [0.2, 0.25) is 5.02 Å². The normalized spacial score (nSPS) is 15.4. The van der Waals surface area contributed by atoms with Crippen molar-refractivity contribution in [3.05, 3.63) is 41.2 Å². The average Bonchev–Trinajstić information content (AvgIpc) is 3.01. The SMILES string of the molecule is O=C(c1cccc(Cl)c1)N1CCN(c2ncns2)CC1. The Kier molecular flexibility index (Phi) is 3.84. The molecule has 20 heavy (non-hydrogen) atoms. The third kappa shape index (κ3) is 2.76. The summed E-state index contributed by atoms with van der Waals surface area (Å²) in [7, 11) is 0. The van der Waals surface area contributed by atoms with Gasteiger partial charge in [-0.25, -0.2) is 4.98 Å². The van der Waals surface area contributed by atoms with Crippen molar-refractivity contribution in [3.8, 4) is 0 Å². The van der Waals surface area contributed by atoms with Gasteiger partial charge in [-0.2, -0.15) is 4.37 Å². The number of piperazine rings is 1. The predicted molar refractivity (Wildman–Crippen MR) is 79.5 cm³/mol. The molecule has 1 saturated heterocycles. The Labute approximate surface area is 126 Å². The molecular weight excluding hydrogens is 296 g/mol. The molecule has 0 saturated carbocycles. The number of anilines is 1. The van der Waals surface area contributed by atoms with Gasteiger partial charge in [0.1, 0.15) is 6.33 Å². The predicted octanol–water partition coefficient (Wildman–Crippen LogP) is 2.15. The van der Waals surface area contributed by atoms with Gasteiger partial charge in [0.05, 0.1) is 0 Å². The number of benzene rings is 1. The maximum Gasteiger partial charge on any atom is 0.254 e. The number of carbonyl (C=O) groups excluding carboxylic acids is 1. The maximum atomic E-state index is 12.4. The quantitative estimate of drug-likeness (QED) is 0.853. The lowest BCUT2D eigenvalue weighted by Crippen LogP contribution is -2.48. The Hall–Kier alpha value is -1.66. The number of carbonyl (C=O) groups is 1. The summed E-state index contributed by atoms with van der Waals surface area (Å²) in [5, 5.41) is 1.50. The smallest absolute Gasteiger partial charge is 0.254 e. The maximum absolute atomic E-state index is 12.4. The van der Waals surface area contributed by atoms with Crippen molar-refractivity contribution in [2.24, 2.45) is 0 Å². The number of rotatable bonds is 2. The zero-order valence-corrected chi connectivity index (χ0v) is 12.3. The van der Waals surface area contributed by atoms with Crippen molar-refractivity contribution < 1.29 is 4.79 Å². The standard InChI is InChI=1S/C13H13ClN4OS/c14-11-3-1-2-10(8-11)12(19)17-4-6-18(7-5-17)13-15-9-16-20-13/h1-3,8-9H,4-7H2. The highest BCUT2D eigenvalue weighted by Gasteiger charge is 2.23. The van der Waals surface area contributed by atoms with Gasteiger partial charge < -0.3 is 9.80 Å². The van der Waals surface area contributed by atoms with Crippen LogP contribution in [0.25, 0.3) is 0 Å². The molecule has 0 unspecified atom stereocenters. The van der Waals surface area contributed by atoms with Gasteiger partial charge in [-0.3, -0.25) is 4.79 Å². The molecule has 2 heterocycles. The van der Waals surface area contributed by atoms with E-state index < -0.39 is 0 Å². The van der Waals surface area contributed by atoms with Crippen molar-refractivity contribution in [1.82, 2.24) is 14.3 Å². The second-order valence-corrected chi connectivity index (χ2v) is 5.71. The Bertz CT molecular complexity index is 596. The van der Waals surface area contributed by atoms with Crippen LogP contribution in [0.5, 0.6) is 0 Å². The fourth-order valence-electron chi connectivity index (χ4n) is 2.21. The van der Waals surface area contributed by atoms with Crippen LogP contribution in [0.4, 0.5) is 5.13 Å². The van der Waals surface area contributed by atoms with Gasteiger partial charge in [0.25, 0.3) is 5.91 Å². The minimum absolute atomic E-state index is 0.0319. The molecule has 1 aliphatic rings. The van der Waals surface area contributed by atoms with Crippen LogP contribution >= 0.6 is 23.1 Å². The summed E-state index contributed by atoms with van der Waals surface area (Å²) in [4.78, 5) is 20.6. The van der Waals surface area contributed by atoms with Crippen molar-refractivity contribution >= 4 is 34.2 Å². The summed E-state index contributed by atoms with van der Waals surface area (Å²) in [5.41, 5.74) is 0.641. The fourth-order valence-corrected chi connectivity index (χ4v) is 2.98. The molecular formula is C13H13ClN4OS. The zero-order valence-electron chi connectivity index (χ0n) is 10.7. The Morgan fingerprint density at radius 2 is 2.05 bits per heavy atom. The number of aromatic nitrogens is 2. The molecule has 0 bridgehead atoms. The van der Waals surface area contributed by atoms with Gasteiger partial charge in [0.15, 0.2) is 0 Å². The van der Waals surface area contributed by atoms with E-state index in [9.17, 15) is 4.79 Å². The minimum Gasteiger partial charge on any atom is -0.343 e. The highest BCUT2D eigenvalue weighted by atomic mass is 35.5. The van der Waals surface area contributed by atoms with E-state index in [2.05, 4.69) is 14.3 Å². The van der Waals surface area contributed by atoms with Gasteiger partial charge in [-0.15, -0.1) is 0 Å².